The molecule has 2 aromatic rings. The van der Waals surface area contributed by atoms with E-state index in [0.717, 1.165) is 67.7 Å². The van der Waals surface area contributed by atoms with Crippen LogP contribution in [0.5, 0.6) is 11.5 Å². The van der Waals surface area contributed by atoms with Gasteiger partial charge < -0.3 is 19.9 Å². The summed E-state index contributed by atoms with van der Waals surface area (Å²) in [6.07, 6.45) is 6.81. The highest BCUT2D eigenvalue weighted by Crippen LogP contribution is 2.40. The van der Waals surface area contributed by atoms with Crippen LogP contribution in [-0.2, 0) is 12.8 Å². The number of aliphatic hydroxyl groups is 1. The molecule has 28 heavy (non-hydrogen) atoms. The highest BCUT2D eigenvalue weighted by atomic mass is 16.5. The first-order chi connectivity index (χ1) is 13.7. The molecule has 2 aliphatic rings. The Morgan fingerprint density at radius 2 is 1.96 bits per heavy atom. The van der Waals surface area contributed by atoms with E-state index in [4.69, 9.17) is 14.5 Å². The molecule has 6 nitrogen and oxygen atoms in total. The molecule has 0 amide bonds. The predicted octanol–water partition coefficient (Wildman–Crippen LogP) is 3.00. The molecule has 0 spiro atoms. The van der Waals surface area contributed by atoms with Crippen molar-refractivity contribution in [2.24, 2.45) is 0 Å². The second-order valence-corrected chi connectivity index (χ2v) is 7.85. The van der Waals surface area contributed by atoms with E-state index in [1.807, 2.05) is 6.07 Å². The lowest BCUT2D eigenvalue weighted by atomic mass is 10.0. The molecular formula is C22H31N3O3. The molecule has 1 atom stereocenters. The van der Waals surface area contributed by atoms with Gasteiger partial charge in [0.2, 0.25) is 0 Å². The summed E-state index contributed by atoms with van der Waals surface area (Å²) in [7, 11) is 3.34. The Balaban J connectivity index is 1.74. The Morgan fingerprint density at radius 1 is 1.14 bits per heavy atom. The molecule has 1 saturated heterocycles. The maximum absolute atomic E-state index is 9.37. The van der Waals surface area contributed by atoms with Gasteiger partial charge in [-0.3, -0.25) is 9.88 Å². The number of aromatic nitrogens is 1. The van der Waals surface area contributed by atoms with Crippen LogP contribution in [0.1, 0.15) is 36.9 Å². The third kappa shape index (κ3) is 3.76. The van der Waals surface area contributed by atoms with Gasteiger partial charge in [-0.15, -0.1) is 0 Å². The molecule has 6 heteroatoms. The van der Waals surface area contributed by atoms with E-state index in [1.54, 1.807) is 14.2 Å². The molecule has 0 unspecified atom stereocenters. The van der Waals surface area contributed by atoms with E-state index in [-0.39, 0.29) is 6.61 Å². The number of anilines is 1. The number of β-amino-alcohol motifs (C(OH)–C–C–N with tert-alkyl or cyclic N) is 1. The van der Waals surface area contributed by atoms with Gasteiger partial charge in [-0.25, -0.2) is 0 Å². The van der Waals surface area contributed by atoms with Gasteiger partial charge in [0, 0.05) is 42.0 Å². The maximum atomic E-state index is 9.37. The zero-order valence-electron chi connectivity index (χ0n) is 17.0. The lowest BCUT2D eigenvalue weighted by Gasteiger charge is -2.26. The number of hydrogen-bond donors (Lipinski definition) is 2. The Morgan fingerprint density at radius 3 is 2.75 bits per heavy atom. The number of fused-ring (bicyclic) bond motifs is 2. The molecule has 4 rings (SSSR count). The minimum absolute atomic E-state index is 0.220. The highest BCUT2D eigenvalue weighted by molar-refractivity contribution is 5.96. The van der Waals surface area contributed by atoms with Gasteiger partial charge in [-0.05, 0) is 50.3 Å². The highest BCUT2D eigenvalue weighted by Gasteiger charge is 2.24. The number of nitrogens with zero attached hydrogens (tertiary/aromatic N) is 2. The van der Waals surface area contributed by atoms with E-state index in [9.17, 15) is 5.11 Å². The summed E-state index contributed by atoms with van der Waals surface area (Å²) in [5.41, 5.74) is 4.75. The number of rotatable bonds is 6. The zero-order valence-corrected chi connectivity index (χ0v) is 17.0. The Bertz CT molecular complexity index is 840. The molecule has 0 bridgehead atoms. The average molecular weight is 386 g/mol. The first kappa shape index (κ1) is 19.3. The first-order valence-electron chi connectivity index (χ1n) is 10.4. The first-order valence-corrected chi connectivity index (χ1v) is 10.4. The topological polar surface area (TPSA) is 66.9 Å². The number of methoxy groups -OCH3 is 2. The smallest absolute Gasteiger partial charge is 0.162 e. The van der Waals surface area contributed by atoms with Gasteiger partial charge in [-0.2, -0.15) is 0 Å². The molecule has 1 aliphatic carbocycles. The van der Waals surface area contributed by atoms with Crippen LogP contribution in [0.25, 0.3) is 10.9 Å². The Kier molecular flexibility index (Phi) is 5.87. The van der Waals surface area contributed by atoms with Crippen molar-refractivity contribution in [2.75, 3.05) is 45.8 Å². The van der Waals surface area contributed by atoms with Crippen molar-refractivity contribution in [3.8, 4) is 11.5 Å². The number of pyridine rings is 1. The molecule has 152 valence electrons. The fourth-order valence-electron chi connectivity index (χ4n) is 4.64. The van der Waals surface area contributed by atoms with Crippen LogP contribution in [0.15, 0.2) is 12.1 Å². The number of likely N-dealkylation sites (tertiary alicyclic amines) is 1. The lowest BCUT2D eigenvalue weighted by molar-refractivity contribution is 0.197. The van der Waals surface area contributed by atoms with Crippen molar-refractivity contribution in [3.05, 3.63) is 23.4 Å². The number of hydrogen-bond acceptors (Lipinski definition) is 6. The summed E-state index contributed by atoms with van der Waals surface area (Å²) >= 11 is 0. The van der Waals surface area contributed by atoms with Crippen molar-refractivity contribution in [3.63, 3.8) is 0 Å². The lowest BCUT2D eigenvalue weighted by Crippen LogP contribution is -2.37. The summed E-state index contributed by atoms with van der Waals surface area (Å²) in [5.74, 6) is 1.45. The molecule has 1 fully saturated rings. The standard InChI is InChI=1S/C22H31N3O3/c1-27-20-12-17-19(13-21(20)28-2)24-18-8-5-7-16(18)22(17)23-15-6-3-4-9-25(14-15)10-11-26/h12-13,15,26H,3-11,14H2,1-2H3,(H,23,24)/t15-/m1/s1. The minimum atomic E-state index is 0.220. The monoisotopic (exact) mass is 385 g/mol. The quantitative estimate of drug-likeness (QED) is 0.797. The third-order valence-corrected chi connectivity index (χ3v) is 6.04. The van der Waals surface area contributed by atoms with E-state index >= 15 is 0 Å². The number of ether oxygens (including phenoxy) is 2. The van der Waals surface area contributed by atoms with Gasteiger partial charge >= 0.3 is 0 Å². The zero-order chi connectivity index (χ0) is 19.5. The van der Waals surface area contributed by atoms with Gasteiger partial charge in [-0.1, -0.05) is 6.42 Å². The fourth-order valence-corrected chi connectivity index (χ4v) is 4.64. The number of aliphatic hydroxyl groups excluding tert-OH is 1. The van der Waals surface area contributed by atoms with Gasteiger partial charge in [0.15, 0.2) is 11.5 Å². The van der Waals surface area contributed by atoms with E-state index in [2.05, 4.69) is 16.3 Å². The van der Waals surface area contributed by atoms with Gasteiger partial charge in [0.05, 0.1) is 26.3 Å². The van der Waals surface area contributed by atoms with Crippen molar-refractivity contribution < 1.29 is 14.6 Å². The Hall–Kier alpha value is -2.05. The number of benzene rings is 1. The van der Waals surface area contributed by atoms with Crippen molar-refractivity contribution in [1.82, 2.24) is 9.88 Å². The van der Waals surface area contributed by atoms with E-state index in [1.165, 1.54) is 29.8 Å². The van der Waals surface area contributed by atoms with Crippen LogP contribution < -0.4 is 14.8 Å². The van der Waals surface area contributed by atoms with Crippen molar-refractivity contribution >= 4 is 16.6 Å². The molecular weight excluding hydrogens is 354 g/mol. The minimum Gasteiger partial charge on any atom is -0.493 e. The largest absolute Gasteiger partial charge is 0.493 e. The van der Waals surface area contributed by atoms with Crippen LogP contribution >= 0.6 is 0 Å². The summed E-state index contributed by atoms with van der Waals surface area (Å²) < 4.78 is 11.1. The molecule has 1 aromatic heterocycles. The maximum Gasteiger partial charge on any atom is 0.162 e. The summed E-state index contributed by atoms with van der Waals surface area (Å²) in [6.45, 7) is 3.00. The second-order valence-electron chi connectivity index (χ2n) is 7.85. The molecule has 1 aromatic carbocycles. The predicted molar refractivity (Wildman–Crippen MR) is 112 cm³/mol. The third-order valence-electron chi connectivity index (χ3n) is 6.04. The average Bonchev–Trinajstić information content (AvgIpc) is 3.06. The SMILES string of the molecule is COc1cc2nc3c(c(N[C@@H]4CCCCN(CCO)C4)c2cc1OC)CCC3. The van der Waals surface area contributed by atoms with Crippen molar-refractivity contribution in [1.29, 1.82) is 0 Å². The van der Waals surface area contributed by atoms with Crippen LogP contribution in [0.3, 0.4) is 0 Å². The summed E-state index contributed by atoms with van der Waals surface area (Å²) in [5, 5.41) is 14.4. The molecule has 2 heterocycles. The molecule has 2 N–H and O–H groups in total. The molecule has 0 saturated carbocycles. The van der Waals surface area contributed by atoms with E-state index in [0.29, 0.717) is 6.04 Å². The molecule has 0 radical (unpaired) electrons. The number of nitrogens with one attached hydrogen (secondary N) is 1. The van der Waals surface area contributed by atoms with Crippen LogP contribution in [0, 0.1) is 0 Å². The normalized spacial score (nSPS) is 20.0. The van der Waals surface area contributed by atoms with Crippen LogP contribution in [0.4, 0.5) is 5.69 Å². The molecule has 1 aliphatic heterocycles. The van der Waals surface area contributed by atoms with E-state index < -0.39 is 0 Å². The van der Waals surface area contributed by atoms with Gasteiger partial charge in [0.1, 0.15) is 0 Å². The fraction of sp³-hybridized carbons (Fsp3) is 0.591. The van der Waals surface area contributed by atoms with Crippen molar-refractivity contribution in [2.45, 2.75) is 44.6 Å². The summed E-state index contributed by atoms with van der Waals surface area (Å²) in [4.78, 5) is 7.31. The summed E-state index contributed by atoms with van der Waals surface area (Å²) in [6, 6.07) is 4.42. The van der Waals surface area contributed by atoms with Crippen LogP contribution in [0.2, 0.25) is 0 Å². The second kappa shape index (κ2) is 8.53. The van der Waals surface area contributed by atoms with Gasteiger partial charge in [0.25, 0.3) is 0 Å². The number of aryl methyl sites for hydroxylation is 1. The van der Waals surface area contributed by atoms with Crippen LogP contribution in [-0.4, -0.2) is 61.5 Å². The Labute approximate surface area is 166 Å².